The molecule has 0 fully saturated rings. The standard InChI is InChI=1S/C13H16BrN3OS/c14-11-5-4-10(19-11)2-1-3-13(18)17-7-6-12-15-8-9-16-12/h4-5,8-9H,1-3,6-7H2,(H,15,16)(H,17,18). The first-order valence-electron chi connectivity index (χ1n) is 6.23. The fraction of sp³-hybridized carbons (Fsp3) is 0.385. The normalized spacial score (nSPS) is 10.6. The van der Waals surface area contributed by atoms with E-state index in [1.165, 1.54) is 4.88 Å². The molecule has 2 N–H and O–H groups in total. The summed E-state index contributed by atoms with van der Waals surface area (Å²) in [5.41, 5.74) is 0. The third kappa shape index (κ3) is 5.16. The van der Waals surface area contributed by atoms with Crippen molar-refractivity contribution in [3.63, 3.8) is 0 Å². The van der Waals surface area contributed by atoms with Gasteiger partial charge >= 0.3 is 0 Å². The Bertz CT molecular complexity index is 510. The molecule has 1 amide bonds. The minimum absolute atomic E-state index is 0.113. The van der Waals surface area contributed by atoms with E-state index in [1.807, 2.05) is 6.07 Å². The number of aryl methyl sites for hydroxylation is 1. The molecule has 0 bridgehead atoms. The molecule has 0 aliphatic carbocycles. The van der Waals surface area contributed by atoms with Crippen molar-refractivity contribution in [1.82, 2.24) is 15.3 Å². The van der Waals surface area contributed by atoms with E-state index >= 15 is 0 Å². The third-order valence-electron chi connectivity index (χ3n) is 2.69. The Labute approximate surface area is 124 Å². The maximum atomic E-state index is 11.6. The van der Waals surface area contributed by atoms with Gasteiger partial charge in [0.15, 0.2) is 0 Å². The molecule has 0 saturated carbocycles. The van der Waals surface area contributed by atoms with Crippen LogP contribution in [0.4, 0.5) is 0 Å². The number of carbonyl (C=O) groups is 1. The summed E-state index contributed by atoms with van der Waals surface area (Å²) in [6, 6.07) is 4.15. The second kappa shape index (κ2) is 7.45. The molecule has 0 unspecified atom stereocenters. The van der Waals surface area contributed by atoms with Gasteiger partial charge in [0.05, 0.1) is 3.79 Å². The second-order valence-corrected chi connectivity index (χ2v) is 6.74. The van der Waals surface area contributed by atoms with Crippen LogP contribution >= 0.6 is 27.3 Å². The lowest BCUT2D eigenvalue weighted by Crippen LogP contribution is -2.25. The maximum Gasteiger partial charge on any atom is 0.220 e. The highest BCUT2D eigenvalue weighted by molar-refractivity contribution is 9.11. The molecule has 0 aliphatic heterocycles. The number of H-pyrrole nitrogens is 1. The number of hydrogen-bond donors (Lipinski definition) is 2. The van der Waals surface area contributed by atoms with Crippen molar-refractivity contribution in [3.05, 3.63) is 39.0 Å². The summed E-state index contributed by atoms with van der Waals surface area (Å²) in [4.78, 5) is 20.1. The van der Waals surface area contributed by atoms with Crippen LogP contribution in [0.3, 0.4) is 0 Å². The van der Waals surface area contributed by atoms with Gasteiger partial charge < -0.3 is 10.3 Å². The van der Waals surface area contributed by atoms with Crippen molar-refractivity contribution in [3.8, 4) is 0 Å². The molecule has 2 aromatic heterocycles. The van der Waals surface area contributed by atoms with Crippen LogP contribution in [0.2, 0.25) is 0 Å². The van der Waals surface area contributed by atoms with Gasteiger partial charge in [0.25, 0.3) is 0 Å². The fourth-order valence-corrected chi connectivity index (χ4v) is 3.28. The second-order valence-electron chi connectivity index (χ2n) is 4.20. The van der Waals surface area contributed by atoms with Crippen LogP contribution in [0, 0.1) is 0 Å². The number of halogens is 1. The summed E-state index contributed by atoms with van der Waals surface area (Å²) in [7, 11) is 0. The molecule has 0 spiro atoms. The van der Waals surface area contributed by atoms with E-state index in [2.05, 4.69) is 37.3 Å². The Balaban J connectivity index is 1.57. The zero-order chi connectivity index (χ0) is 13.5. The molecule has 6 heteroatoms. The average molecular weight is 342 g/mol. The summed E-state index contributed by atoms with van der Waals surface area (Å²) in [5.74, 6) is 1.02. The van der Waals surface area contributed by atoms with Gasteiger partial charge in [-0.05, 0) is 40.9 Å². The fourth-order valence-electron chi connectivity index (χ4n) is 1.75. The molecule has 102 valence electrons. The van der Waals surface area contributed by atoms with Crippen LogP contribution in [0.5, 0.6) is 0 Å². The molecule has 0 atom stereocenters. The van der Waals surface area contributed by atoms with Crippen molar-refractivity contribution in [2.45, 2.75) is 25.7 Å². The first kappa shape index (κ1) is 14.3. The zero-order valence-electron chi connectivity index (χ0n) is 10.5. The van der Waals surface area contributed by atoms with Gasteiger partial charge in [0, 0.05) is 36.7 Å². The zero-order valence-corrected chi connectivity index (χ0v) is 12.9. The summed E-state index contributed by atoms with van der Waals surface area (Å²) in [6.45, 7) is 0.636. The molecule has 0 aromatic carbocycles. The van der Waals surface area contributed by atoms with Gasteiger partial charge in [-0.3, -0.25) is 4.79 Å². The lowest BCUT2D eigenvalue weighted by atomic mass is 10.2. The van der Waals surface area contributed by atoms with Crippen LogP contribution in [-0.4, -0.2) is 22.4 Å². The number of aromatic nitrogens is 2. The van der Waals surface area contributed by atoms with E-state index in [9.17, 15) is 4.79 Å². The van der Waals surface area contributed by atoms with Crippen LogP contribution in [-0.2, 0) is 17.6 Å². The average Bonchev–Trinajstić information content (AvgIpc) is 3.01. The number of nitrogens with one attached hydrogen (secondary N) is 2. The van der Waals surface area contributed by atoms with Crippen LogP contribution in [0.1, 0.15) is 23.5 Å². The highest BCUT2D eigenvalue weighted by Gasteiger charge is 2.03. The predicted molar refractivity (Wildman–Crippen MR) is 80.3 cm³/mol. The molecule has 4 nitrogen and oxygen atoms in total. The van der Waals surface area contributed by atoms with Gasteiger partial charge in [0.2, 0.25) is 5.91 Å². The largest absolute Gasteiger partial charge is 0.356 e. The smallest absolute Gasteiger partial charge is 0.220 e. The number of carbonyl (C=O) groups excluding carboxylic acids is 1. The molecular formula is C13H16BrN3OS. The molecule has 2 aromatic rings. The van der Waals surface area contributed by atoms with E-state index in [0.29, 0.717) is 13.0 Å². The van der Waals surface area contributed by atoms with Gasteiger partial charge in [-0.1, -0.05) is 0 Å². The molecule has 19 heavy (non-hydrogen) atoms. The predicted octanol–water partition coefficient (Wildman–Crippen LogP) is 2.92. The van der Waals surface area contributed by atoms with Crippen molar-refractivity contribution in [1.29, 1.82) is 0 Å². The monoisotopic (exact) mass is 341 g/mol. The van der Waals surface area contributed by atoms with Crippen LogP contribution in [0.15, 0.2) is 28.3 Å². The minimum atomic E-state index is 0.113. The lowest BCUT2D eigenvalue weighted by Gasteiger charge is -2.03. The van der Waals surface area contributed by atoms with Crippen molar-refractivity contribution in [2.24, 2.45) is 0 Å². The van der Waals surface area contributed by atoms with E-state index in [4.69, 9.17) is 0 Å². The van der Waals surface area contributed by atoms with Crippen LogP contribution < -0.4 is 5.32 Å². The van der Waals surface area contributed by atoms with Gasteiger partial charge in [-0.2, -0.15) is 0 Å². The molecule has 2 rings (SSSR count). The molecule has 0 saturated heterocycles. The summed E-state index contributed by atoms with van der Waals surface area (Å²) >= 11 is 5.16. The van der Waals surface area contributed by atoms with Crippen LogP contribution in [0.25, 0.3) is 0 Å². The Hall–Kier alpha value is -1.14. The van der Waals surface area contributed by atoms with Crippen molar-refractivity contribution < 1.29 is 4.79 Å². The highest BCUT2D eigenvalue weighted by atomic mass is 79.9. The van der Waals surface area contributed by atoms with Crippen molar-refractivity contribution in [2.75, 3.05) is 6.54 Å². The molecule has 0 aliphatic rings. The first-order valence-corrected chi connectivity index (χ1v) is 7.84. The van der Waals surface area contributed by atoms with E-state index in [0.717, 1.165) is 28.9 Å². The molecule has 2 heterocycles. The maximum absolute atomic E-state index is 11.6. The number of nitrogens with zero attached hydrogens (tertiary/aromatic N) is 1. The highest BCUT2D eigenvalue weighted by Crippen LogP contribution is 2.23. The topological polar surface area (TPSA) is 57.8 Å². The van der Waals surface area contributed by atoms with Crippen molar-refractivity contribution >= 4 is 33.2 Å². The molecule has 0 radical (unpaired) electrons. The summed E-state index contributed by atoms with van der Waals surface area (Å²) in [6.07, 6.45) is 6.68. The lowest BCUT2D eigenvalue weighted by molar-refractivity contribution is -0.121. The summed E-state index contributed by atoms with van der Waals surface area (Å²) in [5, 5.41) is 2.91. The first-order chi connectivity index (χ1) is 9.24. The van der Waals surface area contributed by atoms with Gasteiger partial charge in [-0.25, -0.2) is 4.98 Å². The number of rotatable bonds is 7. The Morgan fingerprint density at radius 1 is 1.42 bits per heavy atom. The third-order valence-corrected chi connectivity index (χ3v) is 4.38. The number of hydrogen-bond acceptors (Lipinski definition) is 3. The van der Waals surface area contributed by atoms with E-state index in [-0.39, 0.29) is 5.91 Å². The van der Waals surface area contributed by atoms with E-state index in [1.54, 1.807) is 23.7 Å². The summed E-state index contributed by atoms with van der Waals surface area (Å²) < 4.78 is 1.14. The quantitative estimate of drug-likeness (QED) is 0.813. The molecular weight excluding hydrogens is 326 g/mol. The SMILES string of the molecule is O=C(CCCc1ccc(Br)s1)NCCc1ncc[nH]1. The van der Waals surface area contributed by atoms with Gasteiger partial charge in [0.1, 0.15) is 5.82 Å². The Kier molecular flexibility index (Phi) is 5.60. The number of imidazole rings is 1. The number of thiophene rings is 1. The number of amides is 1. The van der Waals surface area contributed by atoms with Gasteiger partial charge in [-0.15, -0.1) is 11.3 Å². The number of aromatic amines is 1. The Morgan fingerprint density at radius 3 is 3.00 bits per heavy atom. The Morgan fingerprint density at radius 2 is 2.32 bits per heavy atom. The van der Waals surface area contributed by atoms with E-state index < -0.39 is 0 Å². The minimum Gasteiger partial charge on any atom is -0.356 e.